The van der Waals surface area contributed by atoms with Crippen molar-refractivity contribution in [1.29, 1.82) is 0 Å². The summed E-state index contributed by atoms with van der Waals surface area (Å²) in [6.07, 6.45) is 0. The van der Waals surface area contributed by atoms with Crippen LogP contribution in [0.1, 0.15) is 6.92 Å². The Morgan fingerprint density at radius 3 is 2.29 bits per heavy atom. The molecular weight excluding hydrogens is 250 g/mol. The molecule has 1 rings (SSSR count). The van der Waals surface area contributed by atoms with E-state index in [-0.39, 0.29) is 12.2 Å². The number of hydrogen-bond acceptors (Lipinski definition) is 3. The van der Waals surface area contributed by atoms with Crippen molar-refractivity contribution in [3.63, 3.8) is 0 Å². The van der Waals surface area contributed by atoms with Gasteiger partial charge in [0.05, 0.1) is 0 Å². The van der Waals surface area contributed by atoms with Crippen LogP contribution in [-0.4, -0.2) is 15.0 Å². The van der Waals surface area contributed by atoms with Gasteiger partial charge in [-0.1, -0.05) is 12.2 Å². The molecule has 0 fully saturated rings. The number of nitrogens with two attached hydrogens (primary N) is 1. The van der Waals surface area contributed by atoms with Gasteiger partial charge >= 0.3 is 0 Å². The van der Waals surface area contributed by atoms with Gasteiger partial charge in [0.15, 0.2) is 4.90 Å². The van der Waals surface area contributed by atoms with E-state index in [9.17, 15) is 17.2 Å². The van der Waals surface area contributed by atoms with Gasteiger partial charge in [0.2, 0.25) is 10.0 Å². The fraction of sp³-hybridized carbons (Fsp3) is 0.200. The van der Waals surface area contributed by atoms with Crippen LogP contribution in [-0.2, 0) is 10.0 Å². The van der Waals surface area contributed by atoms with Crippen LogP contribution in [0, 0.1) is 11.6 Å². The van der Waals surface area contributed by atoms with Gasteiger partial charge in [0, 0.05) is 12.2 Å². The zero-order valence-corrected chi connectivity index (χ0v) is 9.94. The minimum atomic E-state index is -4.25. The Balaban J connectivity index is 3.20. The third-order valence-electron chi connectivity index (χ3n) is 1.85. The lowest BCUT2D eigenvalue weighted by molar-refractivity contribution is 0.516. The van der Waals surface area contributed by atoms with E-state index in [1.807, 2.05) is 4.72 Å². The molecule has 0 heterocycles. The lowest BCUT2D eigenvalue weighted by Crippen LogP contribution is -2.27. The highest BCUT2D eigenvalue weighted by atomic mass is 32.2. The molecule has 0 saturated carbocycles. The summed E-state index contributed by atoms with van der Waals surface area (Å²) in [5, 5.41) is 0. The van der Waals surface area contributed by atoms with Crippen LogP contribution in [0.5, 0.6) is 0 Å². The fourth-order valence-corrected chi connectivity index (χ4v) is 2.34. The maximum absolute atomic E-state index is 13.4. The van der Waals surface area contributed by atoms with Crippen molar-refractivity contribution in [3.05, 3.63) is 35.9 Å². The number of benzene rings is 1. The number of hydrogen-bond donors (Lipinski definition) is 2. The molecule has 0 bridgehead atoms. The molecule has 3 N–H and O–H groups in total. The highest BCUT2D eigenvalue weighted by Crippen LogP contribution is 2.21. The normalized spacial score (nSPS) is 11.5. The molecule has 1 aromatic carbocycles. The molecule has 0 aliphatic heterocycles. The average molecular weight is 262 g/mol. The summed E-state index contributed by atoms with van der Waals surface area (Å²) in [5.41, 5.74) is 5.52. The lowest BCUT2D eigenvalue weighted by atomic mass is 10.3. The van der Waals surface area contributed by atoms with Gasteiger partial charge in [-0.3, -0.25) is 0 Å². The quantitative estimate of drug-likeness (QED) is 0.636. The van der Waals surface area contributed by atoms with E-state index in [0.717, 1.165) is 12.1 Å². The lowest BCUT2D eigenvalue weighted by Gasteiger charge is -2.09. The van der Waals surface area contributed by atoms with Crippen LogP contribution >= 0.6 is 0 Å². The molecule has 0 saturated heterocycles. The van der Waals surface area contributed by atoms with Crippen molar-refractivity contribution in [2.75, 3.05) is 12.3 Å². The second kappa shape index (κ2) is 4.80. The number of halogens is 2. The van der Waals surface area contributed by atoms with Crippen LogP contribution in [0.3, 0.4) is 0 Å². The number of rotatable bonds is 4. The molecule has 0 atom stereocenters. The van der Waals surface area contributed by atoms with Crippen molar-refractivity contribution in [3.8, 4) is 0 Å². The molecule has 0 aromatic heterocycles. The van der Waals surface area contributed by atoms with Crippen LogP contribution in [0.25, 0.3) is 0 Å². The maximum Gasteiger partial charge on any atom is 0.246 e. The predicted molar refractivity (Wildman–Crippen MR) is 60.8 cm³/mol. The van der Waals surface area contributed by atoms with Gasteiger partial charge in [-0.25, -0.2) is 21.9 Å². The summed E-state index contributed by atoms with van der Waals surface area (Å²) < 4.78 is 52.0. The smallest absolute Gasteiger partial charge is 0.246 e. The monoisotopic (exact) mass is 262 g/mol. The standard InChI is InChI=1S/C10H12F2N2O2S/c1-6(2)5-14-17(15,16)10-8(11)3-7(13)4-9(10)12/h3-4,14H,1,5,13H2,2H3. The number of nitrogens with one attached hydrogen (secondary N) is 1. The van der Waals surface area contributed by atoms with E-state index in [2.05, 4.69) is 6.58 Å². The first-order valence-corrected chi connectivity index (χ1v) is 6.11. The topological polar surface area (TPSA) is 72.2 Å². The Bertz CT molecular complexity index is 532. The molecule has 0 radical (unpaired) electrons. The molecule has 17 heavy (non-hydrogen) atoms. The summed E-state index contributed by atoms with van der Waals surface area (Å²) >= 11 is 0. The van der Waals surface area contributed by atoms with Gasteiger partial charge in [-0.05, 0) is 19.1 Å². The Morgan fingerprint density at radius 2 is 1.88 bits per heavy atom. The Kier molecular flexibility index (Phi) is 3.84. The summed E-state index contributed by atoms with van der Waals surface area (Å²) in [6.45, 7) is 4.97. The fourth-order valence-electron chi connectivity index (χ4n) is 1.13. The van der Waals surface area contributed by atoms with Crippen LogP contribution in [0.2, 0.25) is 0 Å². The predicted octanol–water partition coefficient (Wildman–Crippen LogP) is 1.40. The van der Waals surface area contributed by atoms with Crippen molar-refractivity contribution in [2.45, 2.75) is 11.8 Å². The van der Waals surface area contributed by atoms with E-state index in [0.29, 0.717) is 5.57 Å². The molecule has 0 unspecified atom stereocenters. The van der Waals surface area contributed by atoms with Gasteiger partial charge in [-0.2, -0.15) is 0 Å². The molecule has 94 valence electrons. The van der Waals surface area contributed by atoms with Crippen molar-refractivity contribution in [2.24, 2.45) is 0 Å². The van der Waals surface area contributed by atoms with E-state index in [4.69, 9.17) is 5.73 Å². The molecule has 0 amide bonds. The molecule has 4 nitrogen and oxygen atoms in total. The van der Waals surface area contributed by atoms with Gasteiger partial charge < -0.3 is 5.73 Å². The van der Waals surface area contributed by atoms with E-state index >= 15 is 0 Å². The summed E-state index contributed by atoms with van der Waals surface area (Å²) in [6, 6.07) is 1.50. The minimum Gasteiger partial charge on any atom is -0.399 e. The first-order valence-electron chi connectivity index (χ1n) is 4.62. The number of sulfonamides is 1. The number of anilines is 1. The zero-order chi connectivity index (χ0) is 13.2. The van der Waals surface area contributed by atoms with E-state index < -0.39 is 26.6 Å². The Labute approximate surface area is 98.2 Å². The third kappa shape index (κ3) is 3.24. The van der Waals surface area contributed by atoms with Crippen molar-refractivity contribution in [1.82, 2.24) is 4.72 Å². The SMILES string of the molecule is C=C(C)CNS(=O)(=O)c1c(F)cc(N)cc1F. The Morgan fingerprint density at radius 1 is 1.41 bits per heavy atom. The second-order valence-corrected chi connectivity index (χ2v) is 5.30. The zero-order valence-electron chi connectivity index (χ0n) is 9.13. The molecular formula is C10H12F2N2O2S. The van der Waals surface area contributed by atoms with Crippen molar-refractivity contribution >= 4 is 15.7 Å². The van der Waals surface area contributed by atoms with Gasteiger partial charge in [-0.15, -0.1) is 0 Å². The highest BCUT2D eigenvalue weighted by Gasteiger charge is 2.24. The summed E-state index contributed by atoms with van der Waals surface area (Å²) in [4.78, 5) is -1.03. The van der Waals surface area contributed by atoms with Gasteiger partial charge in [0.1, 0.15) is 11.6 Å². The van der Waals surface area contributed by atoms with Crippen LogP contribution in [0.15, 0.2) is 29.2 Å². The van der Waals surface area contributed by atoms with Crippen molar-refractivity contribution < 1.29 is 17.2 Å². The minimum absolute atomic E-state index is 0.0917. The summed E-state index contributed by atoms with van der Waals surface area (Å²) in [7, 11) is -4.25. The molecule has 0 aliphatic rings. The Hall–Kier alpha value is -1.47. The number of nitrogen functional groups attached to an aromatic ring is 1. The first-order chi connectivity index (χ1) is 7.74. The molecule has 1 aromatic rings. The second-order valence-electron chi connectivity index (χ2n) is 3.60. The molecule has 0 spiro atoms. The van der Waals surface area contributed by atoms with Crippen LogP contribution < -0.4 is 10.5 Å². The molecule has 0 aliphatic carbocycles. The largest absolute Gasteiger partial charge is 0.399 e. The van der Waals surface area contributed by atoms with E-state index in [1.54, 1.807) is 6.92 Å². The maximum atomic E-state index is 13.4. The third-order valence-corrected chi connectivity index (χ3v) is 3.31. The van der Waals surface area contributed by atoms with Gasteiger partial charge in [0.25, 0.3) is 0 Å². The van der Waals surface area contributed by atoms with E-state index in [1.165, 1.54) is 0 Å². The van der Waals surface area contributed by atoms with Crippen LogP contribution in [0.4, 0.5) is 14.5 Å². The molecule has 7 heteroatoms. The summed E-state index contributed by atoms with van der Waals surface area (Å²) in [5.74, 6) is -2.45. The highest BCUT2D eigenvalue weighted by molar-refractivity contribution is 7.89. The first kappa shape index (κ1) is 13.6. The average Bonchev–Trinajstić information content (AvgIpc) is 2.12.